The van der Waals surface area contributed by atoms with Gasteiger partial charge in [-0.15, -0.1) is 10.2 Å². The van der Waals surface area contributed by atoms with Crippen LogP contribution < -0.4 is 4.74 Å². The summed E-state index contributed by atoms with van der Waals surface area (Å²) < 4.78 is 5.68. The molecule has 7 heteroatoms. The minimum absolute atomic E-state index is 0.180. The van der Waals surface area contributed by atoms with Crippen molar-refractivity contribution >= 4 is 34.8 Å². The van der Waals surface area contributed by atoms with Crippen LogP contribution in [0.4, 0.5) is 0 Å². The van der Waals surface area contributed by atoms with Crippen molar-refractivity contribution in [2.24, 2.45) is 0 Å². The zero-order chi connectivity index (χ0) is 17.0. The molecule has 2 rings (SSSR count). The van der Waals surface area contributed by atoms with Gasteiger partial charge in [0.1, 0.15) is 0 Å². The van der Waals surface area contributed by atoms with Gasteiger partial charge in [0.05, 0.1) is 16.1 Å². The molecule has 0 unspecified atom stereocenters. The Labute approximate surface area is 150 Å². The molecular weight excluding hydrogens is 357 g/mol. The molecule has 0 atom stereocenters. The lowest BCUT2D eigenvalue weighted by molar-refractivity contribution is 0.454. The Morgan fingerprint density at radius 1 is 1.13 bits per heavy atom. The second-order valence-electron chi connectivity index (χ2n) is 5.23. The van der Waals surface area contributed by atoms with Gasteiger partial charge in [-0.25, -0.2) is 0 Å². The first kappa shape index (κ1) is 17.8. The van der Waals surface area contributed by atoms with E-state index in [1.165, 1.54) is 0 Å². The van der Waals surface area contributed by atoms with Crippen LogP contribution in [0, 0.1) is 11.3 Å². The molecule has 4 nitrogen and oxygen atoms in total. The van der Waals surface area contributed by atoms with E-state index in [4.69, 9.17) is 44.8 Å². The molecule has 1 aromatic carbocycles. The molecule has 120 valence electrons. The van der Waals surface area contributed by atoms with Crippen molar-refractivity contribution in [2.45, 2.75) is 32.6 Å². The number of aryl methyl sites for hydroxylation is 1. The summed E-state index contributed by atoms with van der Waals surface area (Å²) in [6, 6.07) is 7.26. The van der Waals surface area contributed by atoms with Crippen LogP contribution in [0.25, 0.3) is 0 Å². The van der Waals surface area contributed by atoms with E-state index in [0.29, 0.717) is 33.8 Å². The van der Waals surface area contributed by atoms with E-state index >= 15 is 0 Å². The van der Waals surface area contributed by atoms with Gasteiger partial charge in [0.15, 0.2) is 10.9 Å². The summed E-state index contributed by atoms with van der Waals surface area (Å²) in [5.41, 5.74) is 1.70. The van der Waals surface area contributed by atoms with Crippen molar-refractivity contribution in [3.63, 3.8) is 0 Å². The fourth-order valence-corrected chi connectivity index (χ4v) is 2.91. The summed E-state index contributed by atoms with van der Waals surface area (Å²) in [7, 11) is 0. The molecule has 23 heavy (non-hydrogen) atoms. The topological polar surface area (TPSA) is 58.8 Å². The van der Waals surface area contributed by atoms with Gasteiger partial charge in [0, 0.05) is 12.5 Å². The second kappa shape index (κ2) is 7.83. The predicted octanol–water partition coefficient (Wildman–Crippen LogP) is 5.81. The first-order chi connectivity index (χ1) is 10.9. The molecule has 0 saturated carbocycles. The summed E-state index contributed by atoms with van der Waals surface area (Å²) in [6.07, 6.45) is 0.974. The third-order valence-electron chi connectivity index (χ3n) is 3.17. The van der Waals surface area contributed by atoms with Crippen molar-refractivity contribution in [1.29, 1.82) is 5.26 Å². The Morgan fingerprint density at radius 3 is 2.35 bits per heavy atom. The molecule has 1 aromatic heterocycles. The number of halogens is 3. The maximum Gasteiger partial charge on any atom is 0.239 e. The van der Waals surface area contributed by atoms with Crippen molar-refractivity contribution in [2.75, 3.05) is 0 Å². The Kier molecular flexibility index (Phi) is 6.06. The number of ether oxygens (including phenoxy) is 1. The average molecular weight is 371 g/mol. The van der Waals surface area contributed by atoms with E-state index in [-0.39, 0.29) is 11.8 Å². The van der Waals surface area contributed by atoms with E-state index in [9.17, 15) is 0 Å². The molecule has 1 heterocycles. The van der Waals surface area contributed by atoms with Crippen LogP contribution in [0.5, 0.6) is 11.6 Å². The molecule has 0 amide bonds. The van der Waals surface area contributed by atoms with E-state index in [1.807, 2.05) is 13.8 Å². The fourth-order valence-electron chi connectivity index (χ4n) is 1.99. The molecule has 0 radical (unpaired) electrons. The number of nitriles is 1. The smallest absolute Gasteiger partial charge is 0.239 e. The van der Waals surface area contributed by atoms with Gasteiger partial charge in [-0.3, -0.25) is 0 Å². The Bertz CT molecular complexity index is 734. The zero-order valence-corrected chi connectivity index (χ0v) is 14.9. The Hall–Kier alpha value is -1.54. The molecule has 0 aliphatic rings. The zero-order valence-electron chi connectivity index (χ0n) is 12.6. The van der Waals surface area contributed by atoms with Crippen LogP contribution in [0.3, 0.4) is 0 Å². The maximum atomic E-state index is 8.64. The normalized spacial score (nSPS) is 10.7. The molecule has 0 N–H and O–H groups in total. The standard InChI is InChI=1S/C16H14Cl3N3O/c1-9(2)11-8-14(21-22-16(11)19)23-15-12(17)6-10(4-3-5-20)7-13(15)18/h6-9H,3-4H2,1-2H3. The molecular formula is C16H14Cl3N3O. The highest BCUT2D eigenvalue weighted by atomic mass is 35.5. The van der Waals surface area contributed by atoms with Crippen LogP contribution in [0.2, 0.25) is 15.2 Å². The van der Waals surface area contributed by atoms with Gasteiger partial charge in [0.25, 0.3) is 0 Å². The minimum atomic E-state index is 0.180. The molecule has 0 bridgehead atoms. The van der Waals surface area contributed by atoms with Crippen LogP contribution in [0.15, 0.2) is 18.2 Å². The third-order valence-corrected chi connectivity index (χ3v) is 4.02. The number of benzene rings is 1. The van der Waals surface area contributed by atoms with E-state index in [1.54, 1.807) is 18.2 Å². The molecule has 0 aliphatic carbocycles. The Balaban J connectivity index is 2.30. The Morgan fingerprint density at radius 2 is 1.78 bits per heavy atom. The first-order valence-electron chi connectivity index (χ1n) is 6.98. The van der Waals surface area contributed by atoms with Crippen molar-refractivity contribution in [3.8, 4) is 17.7 Å². The number of aromatic nitrogens is 2. The summed E-state index contributed by atoms with van der Waals surface area (Å²) in [4.78, 5) is 0. The van der Waals surface area contributed by atoms with Gasteiger partial charge in [0.2, 0.25) is 5.88 Å². The lowest BCUT2D eigenvalue weighted by atomic mass is 10.1. The largest absolute Gasteiger partial charge is 0.434 e. The predicted molar refractivity (Wildman–Crippen MR) is 91.6 cm³/mol. The highest BCUT2D eigenvalue weighted by Crippen LogP contribution is 2.38. The minimum Gasteiger partial charge on any atom is -0.434 e. The molecule has 2 aromatic rings. The van der Waals surface area contributed by atoms with Gasteiger partial charge in [-0.2, -0.15) is 5.26 Å². The number of nitrogens with zero attached hydrogens (tertiary/aromatic N) is 3. The van der Waals surface area contributed by atoms with E-state index < -0.39 is 0 Å². The monoisotopic (exact) mass is 369 g/mol. The van der Waals surface area contributed by atoms with Gasteiger partial charge < -0.3 is 4.74 Å². The van der Waals surface area contributed by atoms with Gasteiger partial charge in [-0.1, -0.05) is 48.7 Å². The molecule has 0 spiro atoms. The fraction of sp³-hybridized carbons (Fsp3) is 0.312. The number of hydrogen-bond acceptors (Lipinski definition) is 4. The second-order valence-corrected chi connectivity index (χ2v) is 6.40. The summed E-state index contributed by atoms with van der Waals surface area (Å²) in [5, 5.41) is 17.5. The van der Waals surface area contributed by atoms with Crippen LogP contribution in [-0.4, -0.2) is 10.2 Å². The maximum absolute atomic E-state index is 8.64. The first-order valence-corrected chi connectivity index (χ1v) is 8.11. The van der Waals surface area contributed by atoms with Gasteiger partial charge in [-0.05, 0) is 35.6 Å². The third kappa shape index (κ3) is 4.48. The highest BCUT2D eigenvalue weighted by Gasteiger charge is 2.14. The summed E-state index contributed by atoms with van der Waals surface area (Å²) >= 11 is 18.5. The van der Waals surface area contributed by atoms with E-state index in [0.717, 1.165) is 11.1 Å². The van der Waals surface area contributed by atoms with Crippen LogP contribution in [0.1, 0.15) is 37.3 Å². The summed E-state index contributed by atoms with van der Waals surface area (Å²) in [6.45, 7) is 3.99. The van der Waals surface area contributed by atoms with Crippen LogP contribution in [-0.2, 0) is 6.42 Å². The lowest BCUT2D eigenvalue weighted by Gasteiger charge is -2.12. The SMILES string of the molecule is CC(C)c1cc(Oc2c(Cl)cc(CCC#N)cc2Cl)nnc1Cl. The molecule has 0 saturated heterocycles. The number of hydrogen-bond donors (Lipinski definition) is 0. The van der Waals surface area contributed by atoms with Crippen molar-refractivity contribution in [1.82, 2.24) is 10.2 Å². The van der Waals surface area contributed by atoms with Gasteiger partial charge >= 0.3 is 0 Å². The highest BCUT2D eigenvalue weighted by molar-refractivity contribution is 6.37. The van der Waals surface area contributed by atoms with Crippen molar-refractivity contribution < 1.29 is 4.74 Å². The molecule has 0 fully saturated rings. The summed E-state index contributed by atoms with van der Waals surface area (Å²) in [5.74, 6) is 0.756. The molecule has 0 aliphatic heterocycles. The quantitative estimate of drug-likeness (QED) is 0.666. The average Bonchev–Trinajstić information content (AvgIpc) is 2.50. The lowest BCUT2D eigenvalue weighted by Crippen LogP contribution is -1.98. The van der Waals surface area contributed by atoms with Crippen molar-refractivity contribution in [3.05, 3.63) is 44.5 Å². The van der Waals surface area contributed by atoms with Crippen LogP contribution >= 0.6 is 34.8 Å². The number of rotatable bonds is 5. The van der Waals surface area contributed by atoms with E-state index in [2.05, 4.69) is 16.3 Å².